The van der Waals surface area contributed by atoms with Crippen LogP contribution in [0.5, 0.6) is 0 Å². The first-order valence-electron chi connectivity index (χ1n) is 6.43. The lowest BCUT2D eigenvalue weighted by Gasteiger charge is -2.31. The van der Waals surface area contributed by atoms with Gasteiger partial charge in [0.2, 0.25) is 0 Å². The summed E-state index contributed by atoms with van der Waals surface area (Å²) in [7, 11) is 0. The zero-order valence-corrected chi connectivity index (χ0v) is 13.5. The van der Waals surface area contributed by atoms with E-state index >= 15 is 0 Å². The van der Waals surface area contributed by atoms with Gasteiger partial charge in [0.1, 0.15) is 5.82 Å². The maximum Gasteiger partial charge on any atom is 0.126 e. The lowest BCUT2D eigenvalue weighted by molar-refractivity contribution is 0.115. The molecule has 0 saturated carbocycles. The number of aliphatic hydroxyl groups excluding tert-OH is 2. The Morgan fingerprint density at radius 3 is 2.38 bits per heavy atom. The standard InChI is InChI=1S/C16H15BrClFO2/c17-12-5-6-15(19)11(7-12)8-16(9-20,10-21)13-3-1-2-4-14(13)18/h1-7,20-21H,8-10H2. The van der Waals surface area contributed by atoms with Crippen LogP contribution < -0.4 is 0 Å². The Kier molecular flexibility index (Phi) is 5.38. The van der Waals surface area contributed by atoms with Crippen LogP contribution in [-0.4, -0.2) is 23.4 Å². The highest BCUT2D eigenvalue weighted by atomic mass is 79.9. The van der Waals surface area contributed by atoms with Gasteiger partial charge in [-0.1, -0.05) is 45.7 Å². The van der Waals surface area contributed by atoms with Crippen LogP contribution in [0.3, 0.4) is 0 Å². The first-order valence-corrected chi connectivity index (χ1v) is 7.60. The minimum atomic E-state index is -1.03. The van der Waals surface area contributed by atoms with E-state index in [1.807, 2.05) is 0 Å². The van der Waals surface area contributed by atoms with Crippen molar-refractivity contribution in [2.24, 2.45) is 0 Å². The fourth-order valence-corrected chi connectivity index (χ4v) is 3.11. The maximum absolute atomic E-state index is 14.0. The van der Waals surface area contributed by atoms with Crippen LogP contribution in [-0.2, 0) is 11.8 Å². The number of hydrogen-bond acceptors (Lipinski definition) is 2. The van der Waals surface area contributed by atoms with Gasteiger partial charge in [-0.25, -0.2) is 4.39 Å². The van der Waals surface area contributed by atoms with Crippen LogP contribution in [0.25, 0.3) is 0 Å². The van der Waals surface area contributed by atoms with Crippen molar-refractivity contribution in [3.05, 3.63) is 68.9 Å². The number of benzene rings is 2. The molecule has 0 heterocycles. The Bertz CT molecular complexity index is 629. The molecule has 5 heteroatoms. The van der Waals surface area contributed by atoms with Gasteiger partial charge in [0.25, 0.3) is 0 Å². The normalized spacial score (nSPS) is 11.7. The van der Waals surface area contributed by atoms with E-state index in [1.165, 1.54) is 6.07 Å². The SMILES string of the molecule is OCC(CO)(Cc1cc(Br)ccc1F)c1ccccc1Cl. The minimum Gasteiger partial charge on any atom is -0.395 e. The molecule has 0 unspecified atom stereocenters. The highest BCUT2D eigenvalue weighted by molar-refractivity contribution is 9.10. The molecule has 2 aromatic rings. The Hall–Kier alpha value is -0.940. The van der Waals surface area contributed by atoms with Crippen molar-refractivity contribution in [1.82, 2.24) is 0 Å². The molecule has 2 nitrogen and oxygen atoms in total. The van der Waals surface area contributed by atoms with Gasteiger partial charge in [0.05, 0.1) is 13.2 Å². The summed E-state index contributed by atoms with van der Waals surface area (Å²) >= 11 is 9.48. The van der Waals surface area contributed by atoms with Crippen molar-refractivity contribution in [3.8, 4) is 0 Å². The number of rotatable bonds is 5. The Labute approximate surface area is 136 Å². The second-order valence-corrected chi connectivity index (χ2v) is 6.31. The van der Waals surface area contributed by atoms with E-state index in [2.05, 4.69) is 15.9 Å². The fraction of sp³-hybridized carbons (Fsp3) is 0.250. The van der Waals surface area contributed by atoms with Crippen LogP contribution in [0.15, 0.2) is 46.9 Å². The lowest BCUT2D eigenvalue weighted by atomic mass is 9.76. The molecule has 2 aromatic carbocycles. The van der Waals surface area contributed by atoms with Crippen molar-refractivity contribution in [2.45, 2.75) is 11.8 Å². The summed E-state index contributed by atoms with van der Waals surface area (Å²) < 4.78 is 14.7. The fourth-order valence-electron chi connectivity index (χ4n) is 2.36. The van der Waals surface area contributed by atoms with E-state index < -0.39 is 5.41 Å². The smallest absolute Gasteiger partial charge is 0.126 e. The quantitative estimate of drug-likeness (QED) is 0.839. The molecule has 0 aliphatic carbocycles. The van der Waals surface area contributed by atoms with Gasteiger partial charge < -0.3 is 10.2 Å². The zero-order valence-electron chi connectivity index (χ0n) is 11.2. The average Bonchev–Trinajstić information content (AvgIpc) is 2.49. The molecular weight excluding hydrogens is 359 g/mol. The second kappa shape index (κ2) is 6.88. The summed E-state index contributed by atoms with van der Waals surface area (Å²) in [4.78, 5) is 0. The monoisotopic (exact) mass is 372 g/mol. The predicted octanol–water partition coefficient (Wildman–Crippen LogP) is 3.71. The molecule has 0 spiro atoms. The number of aliphatic hydroxyl groups is 2. The van der Waals surface area contributed by atoms with Gasteiger partial charge in [0.15, 0.2) is 0 Å². The van der Waals surface area contributed by atoms with Crippen molar-refractivity contribution in [1.29, 1.82) is 0 Å². The molecule has 0 aromatic heterocycles. The van der Waals surface area contributed by atoms with Gasteiger partial charge in [-0.15, -0.1) is 0 Å². The Balaban J connectivity index is 2.48. The highest BCUT2D eigenvalue weighted by Gasteiger charge is 2.34. The Morgan fingerprint density at radius 2 is 1.76 bits per heavy atom. The van der Waals surface area contributed by atoms with Gasteiger partial charge >= 0.3 is 0 Å². The van der Waals surface area contributed by atoms with E-state index in [0.29, 0.717) is 16.1 Å². The van der Waals surface area contributed by atoms with Crippen molar-refractivity contribution in [3.63, 3.8) is 0 Å². The maximum atomic E-state index is 14.0. The van der Waals surface area contributed by atoms with Gasteiger partial charge in [-0.05, 0) is 41.8 Å². The highest BCUT2D eigenvalue weighted by Crippen LogP contribution is 2.34. The van der Waals surface area contributed by atoms with Crippen LogP contribution >= 0.6 is 27.5 Å². The molecular formula is C16H15BrClFO2. The van der Waals surface area contributed by atoms with Crippen LogP contribution in [0.2, 0.25) is 5.02 Å². The zero-order chi connectivity index (χ0) is 15.5. The summed E-state index contributed by atoms with van der Waals surface area (Å²) in [5, 5.41) is 20.1. The average molecular weight is 374 g/mol. The molecule has 0 radical (unpaired) electrons. The van der Waals surface area contributed by atoms with E-state index in [0.717, 1.165) is 4.47 Å². The first-order chi connectivity index (χ1) is 10.0. The third-order valence-corrected chi connectivity index (χ3v) is 4.41. The van der Waals surface area contributed by atoms with E-state index in [-0.39, 0.29) is 25.5 Å². The molecule has 0 aliphatic rings. The molecule has 0 saturated heterocycles. The van der Waals surface area contributed by atoms with Gasteiger partial charge in [0, 0.05) is 14.9 Å². The summed E-state index contributed by atoms with van der Waals surface area (Å²) in [5.41, 5.74) is -0.0107. The van der Waals surface area contributed by atoms with Crippen LogP contribution in [0, 0.1) is 5.82 Å². The predicted molar refractivity (Wildman–Crippen MR) is 85.1 cm³/mol. The van der Waals surface area contributed by atoms with Gasteiger partial charge in [-0.3, -0.25) is 0 Å². The molecule has 0 atom stereocenters. The molecule has 21 heavy (non-hydrogen) atoms. The van der Waals surface area contributed by atoms with E-state index in [4.69, 9.17) is 11.6 Å². The van der Waals surface area contributed by atoms with E-state index in [1.54, 1.807) is 36.4 Å². The third-order valence-electron chi connectivity index (χ3n) is 3.59. The van der Waals surface area contributed by atoms with E-state index in [9.17, 15) is 14.6 Å². The largest absolute Gasteiger partial charge is 0.395 e. The summed E-state index contributed by atoms with van der Waals surface area (Å²) in [5.74, 6) is -0.378. The van der Waals surface area contributed by atoms with Crippen molar-refractivity contribution >= 4 is 27.5 Å². The topological polar surface area (TPSA) is 40.5 Å². The third kappa shape index (κ3) is 3.46. The van der Waals surface area contributed by atoms with Crippen molar-refractivity contribution in [2.75, 3.05) is 13.2 Å². The minimum absolute atomic E-state index is 0.148. The van der Waals surface area contributed by atoms with Gasteiger partial charge in [-0.2, -0.15) is 0 Å². The second-order valence-electron chi connectivity index (χ2n) is 4.99. The summed E-state index contributed by atoms with van der Waals surface area (Å²) in [6, 6.07) is 11.6. The molecule has 0 bridgehead atoms. The lowest BCUT2D eigenvalue weighted by Crippen LogP contribution is -2.38. The van der Waals surface area contributed by atoms with Crippen molar-refractivity contribution < 1.29 is 14.6 Å². The molecule has 2 rings (SSSR count). The molecule has 2 N–H and O–H groups in total. The number of halogens is 3. The van der Waals surface area contributed by atoms with Crippen LogP contribution in [0.4, 0.5) is 4.39 Å². The molecule has 0 amide bonds. The summed E-state index contributed by atoms with van der Waals surface area (Å²) in [6.07, 6.45) is 0.148. The van der Waals surface area contributed by atoms with Crippen LogP contribution in [0.1, 0.15) is 11.1 Å². The summed E-state index contributed by atoms with van der Waals surface area (Å²) in [6.45, 7) is -0.668. The molecule has 0 aliphatic heterocycles. The molecule has 112 valence electrons. The number of hydrogen-bond donors (Lipinski definition) is 2. The first kappa shape index (κ1) is 16.4. The molecule has 0 fully saturated rings. The Morgan fingerprint density at radius 1 is 1.10 bits per heavy atom.